The summed E-state index contributed by atoms with van der Waals surface area (Å²) in [6, 6.07) is 2.88. The second-order valence-corrected chi connectivity index (χ2v) is 5.62. The molecule has 0 amide bonds. The highest BCUT2D eigenvalue weighted by Gasteiger charge is 2.31. The summed E-state index contributed by atoms with van der Waals surface area (Å²) in [5.41, 5.74) is 1.06. The Hall–Kier alpha value is -1.62. The molecule has 0 bridgehead atoms. The summed E-state index contributed by atoms with van der Waals surface area (Å²) in [5.74, 6) is -0.199. The van der Waals surface area contributed by atoms with Gasteiger partial charge in [-0.25, -0.2) is 0 Å². The Morgan fingerprint density at radius 2 is 2.11 bits per heavy atom. The van der Waals surface area contributed by atoms with Crippen LogP contribution in [-0.2, 0) is 16.1 Å². The van der Waals surface area contributed by atoms with Crippen LogP contribution in [0.15, 0.2) is 12.1 Å². The number of nitrogens with one attached hydrogen (secondary N) is 1. The molecule has 0 spiro atoms. The third kappa shape index (κ3) is 4.21. The van der Waals surface area contributed by atoms with Gasteiger partial charge in [-0.3, -0.25) is 15.1 Å². The summed E-state index contributed by atoms with van der Waals surface area (Å²) < 4.78 is 4.80. The third-order valence-corrected chi connectivity index (χ3v) is 2.87. The van der Waals surface area contributed by atoms with E-state index >= 15 is 0 Å². The van der Waals surface area contributed by atoms with E-state index < -0.39 is 6.04 Å². The monoisotopic (exact) mass is 266 g/mol. The fourth-order valence-corrected chi connectivity index (χ4v) is 1.79. The third-order valence-electron chi connectivity index (χ3n) is 2.87. The minimum atomic E-state index is -0.459. The van der Waals surface area contributed by atoms with Crippen LogP contribution in [0.4, 0.5) is 0 Å². The van der Waals surface area contributed by atoms with Crippen molar-refractivity contribution in [1.82, 2.24) is 10.3 Å². The van der Waals surface area contributed by atoms with Crippen molar-refractivity contribution in [2.24, 2.45) is 5.41 Å². The van der Waals surface area contributed by atoms with Gasteiger partial charge in [-0.2, -0.15) is 0 Å². The molecule has 0 aromatic carbocycles. The zero-order valence-corrected chi connectivity index (χ0v) is 12.2. The van der Waals surface area contributed by atoms with Crippen molar-refractivity contribution in [3.05, 3.63) is 23.5 Å². The Labute approximate surface area is 114 Å². The number of hydrogen-bond donors (Lipinski definition) is 2. The van der Waals surface area contributed by atoms with Crippen LogP contribution in [0.1, 0.15) is 32.2 Å². The number of pyridine rings is 1. The molecular formula is C14H22N2O3. The number of aromatic nitrogens is 1. The van der Waals surface area contributed by atoms with Gasteiger partial charge in [0.15, 0.2) is 0 Å². The molecule has 1 heterocycles. The summed E-state index contributed by atoms with van der Waals surface area (Å²) in [6.07, 6.45) is 0. The molecule has 5 heteroatoms. The van der Waals surface area contributed by atoms with E-state index in [1.807, 2.05) is 27.7 Å². The number of rotatable bonds is 4. The predicted molar refractivity (Wildman–Crippen MR) is 72.7 cm³/mol. The second kappa shape index (κ2) is 6.02. The molecular weight excluding hydrogens is 244 g/mol. The number of esters is 1. The van der Waals surface area contributed by atoms with Gasteiger partial charge in [-0.1, -0.05) is 20.8 Å². The van der Waals surface area contributed by atoms with Crippen molar-refractivity contribution in [2.75, 3.05) is 7.11 Å². The van der Waals surface area contributed by atoms with Crippen LogP contribution < -0.4 is 5.32 Å². The Bertz CT molecular complexity index is 452. The van der Waals surface area contributed by atoms with Gasteiger partial charge in [0, 0.05) is 12.2 Å². The molecule has 0 saturated carbocycles. The highest BCUT2D eigenvalue weighted by Crippen LogP contribution is 2.22. The molecule has 0 radical (unpaired) electrons. The highest BCUT2D eigenvalue weighted by atomic mass is 16.5. The molecule has 106 valence electrons. The Morgan fingerprint density at radius 1 is 1.47 bits per heavy atom. The molecule has 0 unspecified atom stereocenters. The Balaban J connectivity index is 2.82. The number of carbonyl (C=O) groups excluding carboxylic acids is 1. The lowest BCUT2D eigenvalue weighted by atomic mass is 9.86. The van der Waals surface area contributed by atoms with Crippen molar-refractivity contribution < 1.29 is 14.6 Å². The van der Waals surface area contributed by atoms with Gasteiger partial charge in [0.05, 0.1) is 12.8 Å². The molecule has 1 rings (SSSR count). The van der Waals surface area contributed by atoms with Crippen LogP contribution in [0.3, 0.4) is 0 Å². The summed E-state index contributed by atoms with van der Waals surface area (Å²) in [6.45, 7) is 8.01. The molecule has 0 aliphatic rings. The largest absolute Gasteiger partial charge is 0.506 e. The van der Waals surface area contributed by atoms with Gasteiger partial charge in [0.2, 0.25) is 0 Å². The standard InChI is InChI=1S/C14H22N2O3/c1-9-6-7-11(17)10(16-9)8-15-12(13(18)19-5)14(2,3)4/h6-7,12,15,17H,8H2,1-5H3/t12-/m1/s1. The lowest BCUT2D eigenvalue weighted by Crippen LogP contribution is -2.46. The average Bonchev–Trinajstić information content (AvgIpc) is 2.31. The molecule has 5 nitrogen and oxygen atoms in total. The number of aryl methyl sites for hydroxylation is 1. The zero-order chi connectivity index (χ0) is 14.6. The van der Waals surface area contributed by atoms with Crippen molar-refractivity contribution >= 4 is 5.97 Å². The van der Waals surface area contributed by atoms with Crippen LogP contribution in [0.25, 0.3) is 0 Å². The van der Waals surface area contributed by atoms with Crippen LogP contribution in [0.2, 0.25) is 0 Å². The normalized spacial score (nSPS) is 13.1. The molecule has 1 aromatic rings. The minimum absolute atomic E-state index is 0.121. The van der Waals surface area contributed by atoms with Crippen molar-refractivity contribution in [3.63, 3.8) is 0 Å². The Kier molecular flexibility index (Phi) is 4.89. The first-order valence-electron chi connectivity index (χ1n) is 6.22. The highest BCUT2D eigenvalue weighted by molar-refractivity contribution is 5.76. The first-order valence-corrected chi connectivity index (χ1v) is 6.22. The first-order chi connectivity index (χ1) is 8.75. The summed E-state index contributed by atoms with van der Waals surface area (Å²) in [7, 11) is 1.37. The maximum Gasteiger partial charge on any atom is 0.323 e. The van der Waals surface area contributed by atoms with Gasteiger partial charge in [-0.05, 0) is 24.5 Å². The lowest BCUT2D eigenvalue weighted by Gasteiger charge is -2.29. The number of methoxy groups -OCH3 is 1. The molecule has 0 fully saturated rings. The molecule has 1 atom stereocenters. The van der Waals surface area contributed by atoms with Crippen molar-refractivity contribution in [1.29, 1.82) is 0 Å². The summed E-state index contributed by atoms with van der Waals surface area (Å²) in [5, 5.41) is 12.8. The van der Waals surface area contributed by atoms with E-state index in [0.29, 0.717) is 12.2 Å². The Morgan fingerprint density at radius 3 is 2.63 bits per heavy atom. The molecule has 0 aliphatic heterocycles. The van der Waals surface area contributed by atoms with Crippen LogP contribution in [-0.4, -0.2) is 29.2 Å². The fourth-order valence-electron chi connectivity index (χ4n) is 1.79. The average molecular weight is 266 g/mol. The molecule has 0 saturated heterocycles. The predicted octanol–water partition coefficient (Wildman–Crippen LogP) is 1.77. The van der Waals surface area contributed by atoms with E-state index in [9.17, 15) is 9.90 Å². The lowest BCUT2D eigenvalue weighted by molar-refractivity contribution is -0.146. The van der Waals surface area contributed by atoms with Crippen LogP contribution >= 0.6 is 0 Å². The van der Waals surface area contributed by atoms with Crippen LogP contribution in [0.5, 0.6) is 5.75 Å². The first kappa shape index (κ1) is 15.4. The van der Waals surface area contributed by atoms with Gasteiger partial charge in [0.1, 0.15) is 11.8 Å². The topological polar surface area (TPSA) is 71.5 Å². The summed E-state index contributed by atoms with van der Waals surface area (Å²) in [4.78, 5) is 16.0. The second-order valence-electron chi connectivity index (χ2n) is 5.62. The molecule has 1 aromatic heterocycles. The van der Waals surface area contributed by atoms with E-state index in [-0.39, 0.29) is 17.1 Å². The van der Waals surface area contributed by atoms with E-state index in [1.54, 1.807) is 12.1 Å². The fraction of sp³-hybridized carbons (Fsp3) is 0.571. The number of nitrogens with zero attached hydrogens (tertiary/aromatic N) is 1. The van der Waals surface area contributed by atoms with Gasteiger partial charge in [-0.15, -0.1) is 0 Å². The maximum atomic E-state index is 11.8. The van der Waals surface area contributed by atoms with E-state index in [0.717, 1.165) is 5.69 Å². The van der Waals surface area contributed by atoms with Crippen molar-refractivity contribution in [3.8, 4) is 5.75 Å². The number of hydrogen-bond acceptors (Lipinski definition) is 5. The molecule has 2 N–H and O–H groups in total. The van der Waals surface area contributed by atoms with E-state index in [2.05, 4.69) is 10.3 Å². The number of ether oxygens (including phenoxy) is 1. The van der Waals surface area contributed by atoms with E-state index in [4.69, 9.17) is 4.74 Å². The number of carbonyl (C=O) groups is 1. The molecule has 0 aliphatic carbocycles. The SMILES string of the molecule is COC(=O)[C@@H](NCc1nc(C)ccc1O)C(C)(C)C. The maximum absolute atomic E-state index is 11.8. The smallest absolute Gasteiger partial charge is 0.323 e. The van der Waals surface area contributed by atoms with Crippen LogP contribution in [0, 0.1) is 12.3 Å². The number of aromatic hydroxyl groups is 1. The zero-order valence-electron chi connectivity index (χ0n) is 12.2. The minimum Gasteiger partial charge on any atom is -0.506 e. The molecule has 19 heavy (non-hydrogen) atoms. The van der Waals surface area contributed by atoms with Gasteiger partial charge >= 0.3 is 5.97 Å². The van der Waals surface area contributed by atoms with Gasteiger partial charge in [0.25, 0.3) is 0 Å². The summed E-state index contributed by atoms with van der Waals surface area (Å²) >= 11 is 0. The van der Waals surface area contributed by atoms with Crippen molar-refractivity contribution in [2.45, 2.75) is 40.3 Å². The van der Waals surface area contributed by atoms with Gasteiger partial charge < -0.3 is 9.84 Å². The quantitative estimate of drug-likeness (QED) is 0.813. The van der Waals surface area contributed by atoms with E-state index in [1.165, 1.54) is 7.11 Å².